The van der Waals surface area contributed by atoms with Gasteiger partial charge in [-0.1, -0.05) is 17.7 Å². The van der Waals surface area contributed by atoms with E-state index in [1.165, 1.54) is 12.1 Å². The first-order chi connectivity index (χ1) is 9.51. The maximum absolute atomic E-state index is 12.1. The number of methoxy groups -OCH3 is 1. The quantitative estimate of drug-likeness (QED) is 0.849. The Morgan fingerprint density at radius 3 is 2.65 bits per heavy atom. The lowest BCUT2D eigenvalue weighted by molar-refractivity contribution is 0.102. The first-order valence-corrected chi connectivity index (χ1v) is 6.33. The zero-order chi connectivity index (χ0) is 14.7. The molecule has 0 aliphatic heterocycles. The van der Waals surface area contributed by atoms with E-state index in [1.807, 2.05) is 13.0 Å². The zero-order valence-corrected chi connectivity index (χ0v) is 11.9. The number of aryl methyl sites for hydroxylation is 1. The van der Waals surface area contributed by atoms with E-state index >= 15 is 0 Å². The second-order valence-electron chi connectivity index (χ2n) is 4.30. The molecule has 0 saturated heterocycles. The Balaban J connectivity index is 2.21. The molecule has 0 bridgehead atoms. The minimum absolute atomic E-state index is 0.0262. The number of phenolic OH excluding ortho intramolecular Hbond substituents is 1. The Labute approximate surface area is 122 Å². The Morgan fingerprint density at radius 1 is 1.25 bits per heavy atom. The summed E-state index contributed by atoms with van der Waals surface area (Å²) in [6, 6.07) is 9.69. The van der Waals surface area contributed by atoms with Gasteiger partial charge in [0.2, 0.25) is 0 Å². The summed E-state index contributed by atoms with van der Waals surface area (Å²) in [6.07, 6.45) is 0. The number of phenols is 1. The van der Waals surface area contributed by atoms with Gasteiger partial charge >= 0.3 is 0 Å². The number of hydrogen-bond acceptors (Lipinski definition) is 3. The number of ether oxygens (including phenoxy) is 1. The van der Waals surface area contributed by atoms with Crippen molar-refractivity contribution in [1.29, 1.82) is 0 Å². The number of carbonyl (C=O) groups is 1. The molecule has 0 fully saturated rings. The molecule has 0 heterocycles. The van der Waals surface area contributed by atoms with Crippen LogP contribution < -0.4 is 10.1 Å². The Hall–Kier alpha value is -2.20. The Morgan fingerprint density at radius 2 is 2.00 bits per heavy atom. The summed E-state index contributed by atoms with van der Waals surface area (Å²) in [5.74, 6) is 0.355. The molecule has 104 valence electrons. The largest absolute Gasteiger partial charge is 0.506 e. The molecule has 0 radical (unpaired) electrons. The standard InChI is InChI=1S/C15H14ClNO3/c1-9-3-4-10(7-14(9)20-2)15(19)17-11-5-6-13(18)12(16)8-11/h3-8,18H,1-2H3,(H,17,19). The molecule has 2 aromatic carbocycles. The van der Waals surface area contributed by atoms with Crippen molar-refractivity contribution >= 4 is 23.2 Å². The van der Waals surface area contributed by atoms with Crippen LogP contribution in [0.5, 0.6) is 11.5 Å². The monoisotopic (exact) mass is 291 g/mol. The van der Waals surface area contributed by atoms with Crippen LogP contribution in [-0.2, 0) is 0 Å². The van der Waals surface area contributed by atoms with E-state index in [1.54, 1.807) is 25.3 Å². The van der Waals surface area contributed by atoms with Crippen LogP contribution in [0.25, 0.3) is 0 Å². The summed E-state index contributed by atoms with van der Waals surface area (Å²) in [7, 11) is 1.56. The van der Waals surface area contributed by atoms with Crippen molar-refractivity contribution in [3.8, 4) is 11.5 Å². The van der Waals surface area contributed by atoms with Gasteiger partial charge in [-0.3, -0.25) is 4.79 Å². The highest BCUT2D eigenvalue weighted by molar-refractivity contribution is 6.32. The molecular weight excluding hydrogens is 278 g/mol. The first-order valence-electron chi connectivity index (χ1n) is 5.96. The van der Waals surface area contributed by atoms with Gasteiger partial charge in [0.05, 0.1) is 12.1 Å². The molecule has 20 heavy (non-hydrogen) atoms. The number of benzene rings is 2. The normalized spacial score (nSPS) is 10.2. The number of anilines is 1. The van der Waals surface area contributed by atoms with Crippen LogP contribution in [0.1, 0.15) is 15.9 Å². The fourth-order valence-electron chi connectivity index (χ4n) is 1.75. The van der Waals surface area contributed by atoms with Crippen LogP contribution in [0.2, 0.25) is 5.02 Å². The number of nitrogens with one attached hydrogen (secondary N) is 1. The predicted octanol–water partition coefficient (Wildman–Crippen LogP) is 3.61. The molecule has 0 aliphatic rings. The van der Waals surface area contributed by atoms with Crippen LogP contribution >= 0.6 is 11.6 Å². The number of aromatic hydroxyl groups is 1. The van der Waals surface area contributed by atoms with E-state index in [9.17, 15) is 9.90 Å². The third-order valence-corrected chi connectivity index (χ3v) is 3.18. The number of halogens is 1. The number of amides is 1. The van der Waals surface area contributed by atoms with Crippen molar-refractivity contribution in [2.45, 2.75) is 6.92 Å². The van der Waals surface area contributed by atoms with Crippen molar-refractivity contribution in [1.82, 2.24) is 0 Å². The molecule has 0 aliphatic carbocycles. The van der Waals surface area contributed by atoms with E-state index in [0.717, 1.165) is 5.56 Å². The first kappa shape index (κ1) is 14.2. The molecule has 0 aromatic heterocycles. The maximum Gasteiger partial charge on any atom is 0.255 e. The Kier molecular flexibility index (Phi) is 4.15. The minimum atomic E-state index is -0.273. The SMILES string of the molecule is COc1cc(C(=O)Nc2ccc(O)c(Cl)c2)ccc1C. The number of hydrogen-bond donors (Lipinski definition) is 2. The molecule has 0 unspecified atom stereocenters. The molecule has 2 N–H and O–H groups in total. The van der Waals surface area contributed by atoms with Gasteiger partial charge in [-0.05, 0) is 42.8 Å². The Bertz CT molecular complexity index is 656. The average Bonchev–Trinajstić information content (AvgIpc) is 2.43. The summed E-state index contributed by atoms with van der Waals surface area (Å²) < 4.78 is 5.19. The molecule has 0 atom stereocenters. The van der Waals surface area contributed by atoms with Crippen LogP contribution in [-0.4, -0.2) is 18.1 Å². The smallest absolute Gasteiger partial charge is 0.255 e. The number of rotatable bonds is 3. The predicted molar refractivity (Wildman–Crippen MR) is 78.8 cm³/mol. The van der Waals surface area contributed by atoms with Gasteiger partial charge in [0.25, 0.3) is 5.91 Å². The maximum atomic E-state index is 12.1. The lowest BCUT2D eigenvalue weighted by Gasteiger charge is -2.09. The highest BCUT2D eigenvalue weighted by Gasteiger charge is 2.09. The van der Waals surface area contributed by atoms with Gasteiger partial charge in [0.15, 0.2) is 0 Å². The molecule has 0 saturated carbocycles. The molecule has 4 nitrogen and oxygen atoms in total. The molecule has 2 aromatic rings. The summed E-state index contributed by atoms with van der Waals surface area (Å²) in [5.41, 5.74) is 1.95. The van der Waals surface area contributed by atoms with E-state index in [0.29, 0.717) is 17.0 Å². The van der Waals surface area contributed by atoms with Crippen molar-refractivity contribution in [3.63, 3.8) is 0 Å². The highest BCUT2D eigenvalue weighted by atomic mass is 35.5. The lowest BCUT2D eigenvalue weighted by Crippen LogP contribution is -2.12. The number of carbonyl (C=O) groups excluding carboxylic acids is 1. The van der Waals surface area contributed by atoms with Gasteiger partial charge in [0.1, 0.15) is 11.5 Å². The van der Waals surface area contributed by atoms with Crippen LogP contribution in [0.15, 0.2) is 36.4 Å². The molecule has 1 amide bonds. The summed E-state index contributed by atoms with van der Waals surface area (Å²) in [5, 5.41) is 12.2. The van der Waals surface area contributed by atoms with E-state index in [4.69, 9.17) is 16.3 Å². The van der Waals surface area contributed by atoms with Crippen molar-refractivity contribution in [2.24, 2.45) is 0 Å². The third-order valence-electron chi connectivity index (χ3n) is 2.88. The molecule has 2 rings (SSSR count). The van der Waals surface area contributed by atoms with E-state index in [2.05, 4.69) is 5.32 Å². The highest BCUT2D eigenvalue weighted by Crippen LogP contribution is 2.26. The molecule has 0 spiro atoms. The van der Waals surface area contributed by atoms with Gasteiger partial charge in [-0.2, -0.15) is 0 Å². The average molecular weight is 292 g/mol. The van der Waals surface area contributed by atoms with Crippen molar-refractivity contribution in [3.05, 3.63) is 52.5 Å². The van der Waals surface area contributed by atoms with Gasteiger partial charge < -0.3 is 15.2 Å². The summed E-state index contributed by atoms with van der Waals surface area (Å²) >= 11 is 5.79. The van der Waals surface area contributed by atoms with E-state index in [-0.39, 0.29) is 16.7 Å². The second kappa shape index (κ2) is 5.84. The second-order valence-corrected chi connectivity index (χ2v) is 4.71. The summed E-state index contributed by atoms with van der Waals surface area (Å²) in [6.45, 7) is 1.90. The third kappa shape index (κ3) is 3.03. The van der Waals surface area contributed by atoms with Gasteiger partial charge in [-0.15, -0.1) is 0 Å². The van der Waals surface area contributed by atoms with E-state index < -0.39 is 0 Å². The van der Waals surface area contributed by atoms with Crippen LogP contribution in [0.3, 0.4) is 0 Å². The summed E-state index contributed by atoms with van der Waals surface area (Å²) in [4.78, 5) is 12.1. The lowest BCUT2D eigenvalue weighted by atomic mass is 10.1. The van der Waals surface area contributed by atoms with Crippen molar-refractivity contribution < 1.29 is 14.6 Å². The fraction of sp³-hybridized carbons (Fsp3) is 0.133. The van der Waals surface area contributed by atoms with Gasteiger partial charge in [0, 0.05) is 11.3 Å². The van der Waals surface area contributed by atoms with Gasteiger partial charge in [-0.25, -0.2) is 0 Å². The zero-order valence-electron chi connectivity index (χ0n) is 11.1. The van der Waals surface area contributed by atoms with Crippen LogP contribution in [0, 0.1) is 6.92 Å². The van der Waals surface area contributed by atoms with Crippen molar-refractivity contribution in [2.75, 3.05) is 12.4 Å². The molecule has 5 heteroatoms. The minimum Gasteiger partial charge on any atom is -0.506 e. The molecular formula is C15H14ClNO3. The fourth-order valence-corrected chi connectivity index (χ4v) is 1.93. The van der Waals surface area contributed by atoms with Crippen LogP contribution in [0.4, 0.5) is 5.69 Å². The topological polar surface area (TPSA) is 58.6 Å².